The first kappa shape index (κ1) is 21.7. The zero-order chi connectivity index (χ0) is 22.1. The fourth-order valence-electron chi connectivity index (χ4n) is 4.07. The number of carbonyl (C=O) groups excluding carboxylic acids is 1. The van der Waals surface area contributed by atoms with Crippen LogP contribution < -0.4 is 4.90 Å². The lowest BCUT2D eigenvalue weighted by molar-refractivity contribution is 0.0673. The number of thiol groups is 1. The zero-order valence-electron chi connectivity index (χ0n) is 17.3. The Labute approximate surface area is 186 Å². The van der Waals surface area contributed by atoms with Crippen molar-refractivity contribution < 1.29 is 17.6 Å². The van der Waals surface area contributed by atoms with Crippen molar-refractivity contribution in [2.45, 2.75) is 31.6 Å². The number of hydrogen-bond donors (Lipinski definition) is 1. The van der Waals surface area contributed by atoms with Crippen LogP contribution in [-0.2, 0) is 10.7 Å². The largest absolute Gasteiger partial charge is 0.344 e. The third-order valence-corrected chi connectivity index (χ3v) is 7.92. The summed E-state index contributed by atoms with van der Waals surface area (Å²) in [5.41, 5.74) is 1.78. The molecule has 1 aliphatic rings. The highest BCUT2D eigenvalue weighted by molar-refractivity contribution is 7.72. The number of halogens is 1. The highest BCUT2D eigenvalue weighted by Crippen LogP contribution is 2.31. The van der Waals surface area contributed by atoms with Crippen LogP contribution in [0.5, 0.6) is 0 Å². The average Bonchev–Trinajstić information content (AvgIpc) is 3.17. The number of thiazole rings is 1. The van der Waals surface area contributed by atoms with E-state index in [1.54, 1.807) is 35.2 Å². The van der Waals surface area contributed by atoms with Gasteiger partial charge in [0.05, 0.1) is 15.5 Å². The smallest absolute Gasteiger partial charge is 0.254 e. The minimum absolute atomic E-state index is 0.0841. The molecule has 0 N–H and O–H groups in total. The second kappa shape index (κ2) is 8.92. The molecule has 4 rings (SSSR count). The van der Waals surface area contributed by atoms with Crippen LogP contribution in [0.3, 0.4) is 0 Å². The van der Waals surface area contributed by atoms with E-state index in [9.17, 15) is 17.6 Å². The standard InChI is InChI=1S/C22H24FN3O3S2/c1-3-20(31(28)29)16-6-4-5-7-17(16)21(27)26-11-10-25(13-14(26)2)22-24-18-9-8-15(23)12-19(18)30-22/h4-9,12,14,20,31H,3,10-11,13H2,1-2H3/t14-,20?/m0/s1. The van der Waals surface area contributed by atoms with Crippen LogP contribution in [0.1, 0.15) is 41.4 Å². The van der Waals surface area contributed by atoms with Crippen LogP contribution in [0.15, 0.2) is 42.5 Å². The number of anilines is 1. The molecule has 1 amide bonds. The van der Waals surface area contributed by atoms with Crippen LogP contribution >= 0.6 is 11.3 Å². The average molecular weight is 462 g/mol. The number of amides is 1. The predicted octanol–water partition coefficient (Wildman–Crippen LogP) is 3.85. The van der Waals surface area contributed by atoms with E-state index in [0.717, 1.165) is 15.3 Å². The van der Waals surface area contributed by atoms with Gasteiger partial charge in [0, 0.05) is 31.2 Å². The summed E-state index contributed by atoms with van der Waals surface area (Å²) in [5.74, 6) is -0.431. The Morgan fingerprint density at radius 1 is 1.26 bits per heavy atom. The maximum Gasteiger partial charge on any atom is 0.254 e. The quantitative estimate of drug-likeness (QED) is 0.585. The first-order valence-electron chi connectivity index (χ1n) is 10.2. The molecular formula is C22H24FN3O3S2. The topological polar surface area (TPSA) is 70.6 Å². The monoisotopic (exact) mass is 461 g/mol. The molecule has 31 heavy (non-hydrogen) atoms. The van der Waals surface area contributed by atoms with Gasteiger partial charge in [-0.1, -0.05) is 36.5 Å². The Bertz CT molecular complexity index is 1190. The van der Waals surface area contributed by atoms with Gasteiger partial charge in [0.15, 0.2) is 5.13 Å². The van der Waals surface area contributed by atoms with Gasteiger partial charge >= 0.3 is 0 Å². The summed E-state index contributed by atoms with van der Waals surface area (Å²) in [6, 6.07) is 11.5. The molecule has 2 aromatic carbocycles. The van der Waals surface area contributed by atoms with Gasteiger partial charge in [0.25, 0.3) is 5.91 Å². The summed E-state index contributed by atoms with van der Waals surface area (Å²) < 4.78 is 37.7. The second-order valence-electron chi connectivity index (χ2n) is 7.70. The molecule has 9 heteroatoms. The molecule has 3 aromatic rings. The second-order valence-corrected chi connectivity index (χ2v) is 9.90. The summed E-state index contributed by atoms with van der Waals surface area (Å²) in [6.07, 6.45) is 0.421. The number of carbonyl (C=O) groups is 1. The summed E-state index contributed by atoms with van der Waals surface area (Å²) in [5, 5.41) is 0.143. The molecule has 0 aliphatic carbocycles. The minimum Gasteiger partial charge on any atom is -0.344 e. The Morgan fingerprint density at radius 3 is 2.74 bits per heavy atom. The van der Waals surface area contributed by atoms with Crippen molar-refractivity contribution >= 4 is 43.3 Å². The Hall–Kier alpha value is -2.52. The van der Waals surface area contributed by atoms with Gasteiger partial charge in [-0.05, 0) is 43.2 Å². The number of nitrogens with zero attached hydrogens (tertiary/aromatic N) is 3. The lowest BCUT2D eigenvalue weighted by atomic mass is 10.0. The van der Waals surface area contributed by atoms with Gasteiger partial charge < -0.3 is 9.80 Å². The molecule has 6 nitrogen and oxygen atoms in total. The van der Waals surface area contributed by atoms with E-state index in [-0.39, 0.29) is 17.8 Å². The molecule has 164 valence electrons. The molecule has 1 aliphatic heterocycles. The van der Waals surface area contributed by atoms with Crippen molar-refractivity contribution in [2.24, 2.45) is 0 Å². The van der Waals surface area contributed by atoms with E-state index >= 15 is 0 Å². The normalized spacial score (nSPS) is 18.0. The molecule has 0 bridgehead atoms. The Morgan fingerprint density at radius 2 is 2.03 bits per heavy atom. The first-order chi connectivity index (χ1) is 14.9. The van der Waals surface area contributed by atoms with Crippen LogP contribution in [-0.4, -0.2) is 49.9 Å². The highest BCUT2D eigenvalue weighted by atomic mass is 32.2. The molecular weight excluding hydrogens is 437 g/mol. The SMILES string of the molecule is CCC(c1ccccc1C(=O)N1CCN(c2nc3ccc(F)cc3s2)C[C@@H]1C)[SH](=O)=O. The lowest BCUT2D eigenvalue weighted by Crippen LogP contribution is -2.54. The molecule has 1 aromatic heterocycles. The highest BCUT2D eigenvalue weighted by Gasteiger charge is 2.31. The van der Waals surface area contributed by atoms with Gasteiger partial charge in [-0.25, -0.2) is 17.8 Å². The Kier molecular flexibility index (Phi) is 6.24. The van der Waals surface area contributed by atoms with Crippen molar-refractivity contribution in [3.63, 3.8) is 0 Å². The molecule has 2 heterocycles. The lowest BCUT2D eigenvalue weighted by Gasteiger charge is -2.40. The van der Waals surface area contributed by atoms with E-state index in [1.165, 1.54) is 23.5 Å². The van der Waals surface area contributed by atoms with E-state index < -0.39 is 16.0 Å². The van der Waals surface area contributed by atoms with Gasteiger partial charge in [-0.3, -0.25) is 4.79 Å². The van der Waals surface area contributed by atoms with E-state index in [0.29, 0.717) is 37.2 Å². The number of piperazine rings is 1. The van der Waals surface area contributed by atoms with Crippen molar-refractivity contribution in [1.82, 2.24) is 9.88 Å². The molecule has 0 spiro atoms. The fraction of sp³-hybridized carbons (Fsp3) is 0.364. The molecule has 1 fully saturated rings. The molecule has 0 saturated carbocycles. The summed E-state index contributed by atoms with van der Waals surface area (Å²) >= 11 is 1.44. The summed E-state index contributed by atoms with van der Waals surface area (Å²) in [4.78, 5) is 21.9. The third-order valence-electron chi connectivity index (χ3n) is 5.69. The van der Waals surface area contributed by atoms with Crippen LogP contribution in [0.25, 0.3) is 10.2 Å². The maximum absolute atomic E-state index is 13.5. The van der Waals surface area contributed by atoms with E-state index in [2.05, 4.69) is 9.88 Å². The van der Waals surface area contributed by atoms with Crippen LogP contribution in [0, 0.1) is 5.82 Å². The number of aromatic nitrogens is 1. The van der Waals surface area contributed by atoms with Crippen LogP contribution in [0.2, 0.25) is 0 Å². The zero-order valence-corrected chi connectivity index (χ0v) is 19.0. The van der Waals surface area contributed by atoms with Crippen molar-refractivity contribution in [3.8, 4) is 0 Å². The summed E-state index contributed by atoms with van der Waals surface area (Å²) in [7, 11) is -2.67. The number of hydrogen-bond acceptors (Lipinski definition) is 6. The van der Waals surface area contributed by atoms with Gasteiger partial charge in [-0.15, -0.1) is 0 Å². The minimum atomic E-state index is -2.67. The predicted molar refractivity (Wildman–Crippen MR) is 122 cm³/mol. The fourth-order valence-corrected chi connectivity index (χ4v) is 5.85. The van der Waals surface area contributed by atoms with Gasteiger partial charge in [0.2, 0.25) is 0 Å². The van der Waals surface area contributed by atoms with Crippen LogP contribution in [0.4, 0.5) is 9.52 Å². The van der Waals surface area contributed by atoms with Crippen molar-refractivity contribution in [3.05, 3.63) is 59.4 Å². The van der Waals surface area contributed by atoms with E-state index in [4.69, 9.17) is 0 Å². The molecule has 1 saturated heterocycles. The maximum atomic E-state index is 13.5. The number of benzene rings is 2. The number of rotatable bonds is 5. The third kappa shape index (κ3) is 4.29. The van der Waals surface area contributed by atoms with Gasteiger partial charge in [0.1, 0.15) is 16.5 Å². The van der Waals surface area contributed by atoms with E-state index in [1.807, 2.05) is 13.8 Å². The van der Waals surface area contributed by atoms with Crippen molar-refractivity contribution in [2.75, 3.05) is 24.5 Å². The number of fused-ring (bicyclic) bond motifs is 1. The van der Waals surface area contributed by atoms with Crippen molar-refractivity contribution in [1.29, 1.82) is 0 Å². The Balaban J connectivity index is 1.55. The first-order valence-corrected chi connectivity index (χ1v) is 12.3. The van der Waals surface area contributed by atoms with Gasteiger partial charge in [-0.2, -0.15) is 0 Å². The molecule has 0 radical (unpaired) electrons. The summed E-state index contributed by atoms with van der Waals surface area (Å²) in [6.45, 7) is 5.49. The molecule has 1 unspecified atom stereocenters. The molecule has 2 atom stereocenters.